The van der Waals surface area contributed by atoms with Crippen molar-refractivity contribution in [2.75, 3.05) is 17.7 Å². The zero-order valence-electron chi connectivity index (χ0n) is 9.87. The lowest BCUT2D eigenvalue weighted by atomic mass is 10.0. The first-order valence-electron chi connectivity index (χ1n) is 5.66. The number of nitrogen functional groups attached to an aromatic ring is 1. The van der Waals surface area contributed by atoms with Gasteiger partial charge in [-0.2, -0.15) is 0 Å². The van der Waals surface area contributed by atoms with Crippen molar-refractivity contribution in [3.05, 3.63) is 21.1 Å². The average Bonchev–Trinajstić information content (AvgIpc) is 2.69. The summed E-state index contributed by atoms with van der Waals surface area (Å²) in [6, 6.07) is 3.59. The van der Waals surface area contributed by atoms with E-state index in [2.05, 4.69) is 37.2 Å². The first-order valence-corrected chi connectivity index (χ1v) is 7.24. The minimum absolute atomic E-state index is 0.144. The van der Waals surface area contributed by atoms with E-state index < -0.39 is 0 Å². The highest BCUT2D eigenvalue weighted by molar-refractivity contribution is 9.11. The molecule has 0 spiro atoms. The number of ether oxygens (including phenoxy) is 1. The van der Waals surface area contributed by atoms with Crippen LogP contribution in [0.25, 0.3) is 0 Å². The number of carbonyl (C=O) groups is 1. The maximum atomic E-state index is 12.1. The van der Waals surface area contributed by atoms with E-state index in [1.165, 1.54) is 0 Å². The molecule has 1 aromatic carbocycles. The molecule has 1 saturated heterocycles. The van der Waals surface area contributed by atoms with Crippen LogP contribution in [-0.2, 0) is 9.53 Å². The van der Waals surface area contributed by atoms with Gasteiger partial charge in [-0.15, -0.1) is 0 Å². The predicted molar refractivity (Wildman–Crippen MR) is 78.4 cm³/mol. The Kier molecular flexibility index (Phi) is 4.29. The maximum Gasteiger partial charge on any atom is 0.253 e. The van der Waals surface area contributed by atoms with Crippen LogP contribution in [0.5, 0.6) is 0 Å². The Morgan fingerprint density at radius 1 is 1.50 bits per heavy atom. The van der Waals surface area contributed by atoms with Crippen LogP contribution >= 0.6 is 31.9 Å². The van der Waals surface area contributed by atoms with Gasteiger partial charge in [0.1, 0.15) is 6.10 Å². The van der Waals surface area contributed by atoms with E-state index in [0.29, 0.717) is 18.0 Å². The Bertz CT molecular complexity index is 456. The fourth-order valence-corrected chi connectivity index (χ4v) is 3.31. The minimum Gasteiger partial charge on any atom is -0.397 e. The van der Waals surface area contributed by atoms with Crippen LogP contribution in [0.3, 0.4) is 0 Å². The van der Waals surface area contributed by atoms with Gasteiger partial charge in [0.15, 0.2) is 0 Å². The van der Waals surface area contributed by atoms with Crippen molar-refractivity contribution in [1.82, 2.24) is 0 Å². The number of benzene rings is 1. The summed E-state index contributed by atoms with van der Waals surface area (Å²) >= 11 is 6.73. The van der Waals surface area contributed by atoms with Crippen molar-refractivity contribution in [3.8, 4) is 0 Å². The van der Waals surface area contributed by atoms with Gasteiger partial charge >= 0.3 is 0 Å². The highest BCUT2D eigenvalue weighted by atomic mass is 79.9. The smallest absolute Gasteiger partial charge is 0.253 e. The van der Waals surface area contributed by atoms with Gasteiger partial charge in [0.25, 0.3) is 5.91 Å². The van der Waals surface area contributed by atoms with Gasteiger partial charge in [0.2, 0.25) is 0 Å². The number of halogens is 2. The van der Waals surface area contributed by atoms with Crippen molar-refractivity contribution in [2.24, 2.45) is 5.92 Å². The van der Waals surface area contributed by atoms with E-state index in [1.807, 2.05) is 13.0 Å². The Labute approximate surface area is 123 Å². The Balaban J connectivity index is 2.17. The average molecular weight is 378 g/mol. The maximum absolute atomic E-state index is 12.1. The number of amides is 1. The third-order valence-electron chi connectivity index (χ3n) is 2.98. The normalized spacial score (nSPS) is 23.1. The van der Waals surface area contributed by atoms with Crippen molar-refractivity contribution in [1.29, 1.82) is 0 Å². The molecule has 1 aliphatic rings. The summed E-state index contributed by atoms with van der Waals surface area (Å²) in [7, 11) is 0. The summed E-state index contributed by atoms with van der Waals surface area (Å²) in [5.74, 6) is 0.0928. The highest BCUT2D eigenvalue weighted by Crippen LogP contribution is 2.33. The number of hydrogen-bond donors (Lipinski definition) is 2. The van der Waals surface area contributed by atoms with Gasteiger partial charge in [-0.05, 0) is 40.4 Å². The van der Waals surface area contributed by atoms with Crippen LogP contribution in [0.4, 0.5) is 11.4 Å². The molecule has 2 rings (SSSR count). The lowest BCUT2D eigenvalue weighted by Gasteiger charge is -2.16. The molecule has 1 aliphatic heterocycles. The molecule has 0 radical (unpaired) electrons. The van der Waals surface area contributed by atoms with Gasteiger partial charge in [-0.1, -0.05) is 22.9 Å². The topological polar surface area (TPSA) is 64.3 Å². The van der Waals surface area contributed by atoms with Gasteiger partial charge in [0, 0.05) is 15.6 Å². The van der Waals surface area contributed by atoms with Crippen LogP contribution < -0.4 is 11.1 Å². The zero-order valence-corrected chi connectivity index (χ0v) is 13.0. The molecule has 0 bridgehead atoms. The second-order valence-corrected chi connectivity index (χ2v) is 6.17. The number of anilines is 2. The van der Waals surface area contributed by atoms with Gasteiger partial charge in [-0.3, -0.25) is 4.79 Å². The van der Waals surface area contributed by atoms with Crippen molar-refractivity contribution < 1.29 is 9.53 Å². The van der Waals surface area contributed by atoms with E-state index in [-0.39, 0.29) is 17.9 Å². The number of carbonyl (C=O) groups excluding carboxylic acids is 1. The summed E-state index contributed by atoms with van der Waals surface area (Å²) in [6.07, 6.45) is 0.523. The fraction of sp³-hybridized carbons (Fsp3) is 0.417. The minimum atomic E-state index is -0.389. The molecule has 0 aromatic heterocycles. The lowest BCUT2D eigenvalue weighted by Crippen LogP contribution is -2.31. The van der Waals surface area contributed by atoms with Gasteiger partial charge in [0.05, 0.1) is 11.4 Å². The molecule has 2 unspecified atom stereocenters. The molecule has 0 saturated carbocycles. The third kappa shape index (κ3) is 2.87. The molecular formula is C12H14Br2N2O2. The van der Waals surface area contributed by atoms with Crippen molar-refractivity contribution >= 4 is 49.1 Å². The van der Waals surface area contributed by atoms with Gasteiger partial charge in [-0.25, -0.2) is 0 Å². The number of nitrogens with one attached hydrogen (secondary N) is 1. The second-order valence-electron chi connectivity index (χ2n) is 4.40. The summed E-state index contributed by atoms with van der Waals surface area (Å²) in [5.41, 5.74) is 6.99. The summed E-state index contributed by atoms with van der Waals surface area (Å²) < 4.78 is 7.03. The summed E-state index contributed by atoms with van der Waals surface area (Å²) in [5, 5.41) is 2.82. The van der Waals surface area contributed by atoms with E-state index in [0.717, 1.165) is 15.4 Å². The molecule has 6 heteroatoms. The number of nitrogens with two attached hydrogens (primary N) is 1. The Morgan fingerprint density at radius 2 is 2.22 bits per heavy atom. The van der Waals surface area contributed by atoms with E-state index >= 15 is 0 Å². The van der Waals surface area contributed by atoms with Crippen LogP contribution in [0.15, 0.2) is 21.1 Å². The monoisotopic (exact) mass is 376 g/mol. The molecule has 1 amide bonds. The predicted octanol–water partition coefficient (Wildman–Crippen LogP) is 3.16. The molecule has 18 heavy (non-hydrogen) atoms. The highest BCUT2D eigenvalue weighted by Gasteiger charge is 2.31. The van der Waals surface area contributed by atoms with Crippen LogP contribution in [0.1, 0.15) is 13.3 Å². The number of hydrogen-bond acceptors (Lipinski definition) is 3. The summed E-state index contributed by atoms with van der Waals surface area (Å²) in [6.45, 7) is 2.65. The van der Waals surface area contributed by atoms with E-state index in [1.54, 1.807) is 6.07 Å². The van der Waals surface area contributed by atoms with E-state index in [9.17, 15) is 4.79 Å². The molecule has 1 aromatic rings. The molecule has 3 N–H and O–H groups in total. The van der Waals surface area contributed by atoms with Crippen LogP contribution in [0.2, 0.25) is 0 Å². The van der Waals surface area contributed by atoms with Crippen LogP contribution in [0, 0.1) is 5.92 Å². The molecular weight excluding hydrogens is 364 g/mol. The standard InChI is InChI=1S/C12H14Br2N2O2/c1-6-2-3-18-11(6)12(17)16-10-8(14)4-7(13)5-9(10)15/h4-6,11H,2-3,15H2,1H3,(H,16,17). The Hall–Kier alpha value is -0.590. The largest absolute Gasteiger partial charge is 0.397 e. The third-order valence-corrected chi connectivity index (χ3v) is 4.06. The van der Waals surface area contributed by atoms with Gasteiger partial charge < -0.3 is 15.8 Å². The molecule has 1 heterocycles. The quantitative estimate of drug-likeness (QED) is 0.778. The number of rotatable bonds is 2. The van der Waals surface area contributed by atoms with Crippen molar-refractivity contribution in [2.45, 2.75) is 19.4 Å². The first kappa shape index (κ1) is 13.8. The summed E-state index contributed by atoms with van der Waals surface area (Å²) in [4.78, 5) is 12.1. The van der Waals surface area contributed by atoms with Crippen molar-refractivity contribution in [3.63, 3.8) is 0 Å². The SMILES string of the molecule is CC1CCOC1C(=O)Nc1c(N)cc(Br)cc1Br. The fourth-order valence-electron chi connectivity index (χ4n) is 1.95. The molecule has 2 atom stereocenters. The first-order chi connectivity index (χ1) is 8.49. The van der Waals surface area contributed by atoms with Crippen LogP contribution in [-0.4, -0.2) is 18.6 Å². The lowest BCUT2D eigenvalue weighted by molar-refractivity contribution is -0.126. The molecule has 98 valence electrons. The molecule has 1 fully saturated rings. The zero-order chi connectivity index (χ0) is 13.3. The van der Waals surface area contributed by atoms with E-state index in [4.69, 9.17) is 10.5 Å². The molecule has 0 aliphatic carbocycles. The molecule has 4 nitrogen and oxygen atoms in total. The second kappa shape index (κ2) is 5.59. The Morgan fingerprint density at radius 3 is 2.78 bits per heavy atom.